The predicted molar refractivity (Wildman–Crippen MR) is 98.7 cm³/mol. The van der Waals surface area contributed by atoms with Crippen LogP contribution in [-0.2, 0) is 4.79 Å². The molecule has 3 rings (SSSR count). The van der Waals surface area contributed by atoms with Gasteiger partial charge in [-0.3, -0.25) is 4.79 Å². The van der Waals surface area contributed by atoms with Gasteiger partial charge in [0.1, 0.15) is 5.70 Å². The Bertz CT molecular complexity index is 787. The Morgan fingerprint density at radius 3 is 2.12 bits per heavy atom. The van der Waals surface area contributed by atoms with Crippen LogP contribution < -0.4 is 10.2 Å². The van der Waals surface area contributed by atoms with Crippen LogP contribution in [0.15, 0.2) is 71.4 Å². The zero-order valence-corrected chi connectivity index (χ0v) is 14.2. The molecule has 0 spiro atoms. The smallest absolute Gasteiger partial charge is 0.281 e. The van der Waals surface area contributed by atoms with Crippen LogP contribution in [0.3, 0.4) is 0 Å². The summed E-state index contributed by atoms with van der Waals surface area (Å²) in [4.78, 5) is 19.2. The summed E-state index contributed by atoms with van der Waals surface area (Å²) in [5, 5.41) is 3.18. The lowest BCUT2D eigenvalue weighted by atomic mass is 10.1. The first-order valence-corrected chi connectivity index (χ1v) is 7.97. The van der Waals surface area contributed by atoms with E-state index in [1.165, 1.54) is 0 Å². The van der Waals surface area contributed by atoms with E-state index in [0.717, 1.165) is 11.3 Å². The number of hydrogen-bond acceptors (Lipinski definition) is 2. The van der Waals surface area contributed by atoms with Crippen molar-refractivity contribution in [3.8, 4) is 0 Å². The average molecular weight is 319 g/mol. The summed E-state index contributed by atoms with van der Waals surface area (Å²) in [5.41, 5.74) is 2.00. The molecule has 0 aromatic heterocycles. The molecule has 24 heavy (non-hydrogen) atoms. The Hall–Kier alpha value is -2.88. The maximum Gasteiger partial charge on any atom is 0.281 e. The van der Waals surface area contributed by atoms with Gasteiger partial charge in [0, 0.05) is 0 Å². The number of nitrogens with one attached hydrogen (secondary N) is 1. The molecule has 0 atom stereocenters. The summed E-state index contributed by atoms with van der Waals surface area (Å²) in [7, 11) is 0. The fraction of sp³-hybridized carbons (Fsp3) is 0.200. The number of hydrogen-bond donors (Lipinski definition) is 1. The van der Waals surface area contributed by atoms with Crippen molar-refractivity contribution in [2.24, 2.45) is 4.99 Å². The summed E-state index contributed by atoms with van der Waals surface area (Å²) in [5.74, 6) is 0.453. The minimum absolute atomic E-state index is 0.104. The molecule has 1 aliphatic rings. The van der Waals surface area contributed by atoms with Crippen molar-refractivity contribution in [3.05, 3.63) is 71.9 Å². The van der Waals surface area contributed by atoms with E-state index in [2.05, 4.69) is 10.3 Å². The molecular formula is C20H21N3O. The van der Waals surface area contributed by atoms with Gasteiger partial charge < -0.3 is 5.32 Å². The predicted octanol–water partition coefficient (Wildman–Crippen LogP) is 3.82. The number of nitrogens with zero attached hydrogens (tertiary/aromatic N) is 2. The summed E-state index contributed by atoms with van der Waals surface area (Å²) in [6.45, 7) is 6.02. The van der Waals surface area contributed by atoms with Crippen molar-refractivity contribution < 1.29 is 4.79 Å². The van der Waals surface area contributed by atoms with Crippen molar-refractivity contribution in [3.63, 3.8) is 0 Å². The van der Waals surface area contributed by atoms with Crippen molar-refractivity contribution >= 4 is 23.6 Å². The van der Waals surface area contributed by atoms with Gasteiger partial charge in [-0.1, -0.05) is 48.5 Å². The highest BCUT2D eigenvalue weighted by Gasteiger charge is 2.34. The zero-order chi connectivity index (χ0) is 17.2. The van der Waals surface area contributed by atoms with Crippen molar-refractivity contribution in [1.29, 1.82) is 0 Å². The molecule has 1 aliphatic heterocycles. The van der Waals surface area contributed by atoms with Gasteiger partial charge in [-0.05, 0) is 44.5 Å². The minimum atomic E-state index is -0.294. The molecule has 1 heterocycles. The standard InChI is InChI=1S/C20H21N3O/c1-20(2,3)22-19-21-17(14-15-10-6-4-7-11-15)18(24)23(19)16-12-8-5-9-13-16/h4-14H,1-3H3,(H,21,22)/b17-14+. The third kappa shape index (κ3) is 3.54. The number of para-hydroxylation sites is 1. The van der Waals surface area contributed by atoms with Crippen LogP contribution in [0.5, 0.6) is 0 Å². The molecule has 4 nitrogen and oxygen atoms in total. The second-order valence-corrected chi connectivity index (χ2v) is 6.68. The van der Waals surface area contributed by atoms with Gasteiger partial charge in [0.05, 0.1) is 11.2 Å². The molecule has 1 saturated heterocycles. The molecule has 2 aromatic rings. The minimum Gasteiger partial charge on any atom is -0.321 e. The van der Waals surface area contributed by atoms with Crippen LogP contribution >= 0.6 is 0 Å². The SMILES string of the molecule is CC(C)(C)N=C1N/C(=C/c2ccccc2)C(=O)N1c1ccccc1. The number of guanidine groups is 1. The van der Waals surface area contributed by atoms with Crippen molar-refractivity contribution in [1.82, 2.24) is 5.32 Å². The third-order valence-corrected chi connectivity index (χ3v) is 3.46. The van der Waals surface area contributed by atoms with E-state index in [4.69, 9.17) is 0 Å². The number of amides is 1. The Morgan fingerprint density at radius 2 is 1.54 bits per heavy atom. The van der Waals surface area contributed by atoms with Gasteiger partial charge in [0.25, 0.3) is 5.91 Å². The first-order chi connectivity index (χ1) is 11.4. The lowest BCUT2D eigenvalue weighted by Crippen LogP contribution is -2.34. The molecule has 0 aliphatic carbocycles. The fourth-order valence-electron chi connectivity index (χ4n) is 2.47. The number of aliphatic imine (C=N–C) groups is 1. The van der Waals surface area contributed by atoms with Crippen LogP contribution in [0.1, 0.15) is 26.3 Å². The van der Waals surface area contributed by atoms with E-state index in [-0.39, 0.29) is 11.4 Å². The summed E-state index contributed by atoms with van der Waals surface area (Å²) in [6, 6.07) is 19.4. The normalized spacial score (nSPS) is 18.3. The first-order valence-electron chi connectivity index (χ1n) is 7.97. The highest BCUT2D eigenvalue weighted by molar-refractivity contribution is 6.29. The molecule has 0 saturated carbocycles. The van der Waals surface area contributed by atoms with Crippen LogP contribution in [0.25, 0.3) is 6.08 Å². The molecule has 2 aromatic carbocycles. The molecule has 1 fully saturated rings. The Kier molecular flexibility index (Phi) is 4.21. The molecule has 0 bridgehead atoms. The maximum absolute atomic E-state index is 12.9. The molecular weight excluding hydrogens is 298 g/mol. The van der Waals surface area contributed by atoms with Crippen LogP contribution in [-0.4, -0.2) is 17.4 Å². The molecule has 1 N–H and O–H groups in total. The van der Waals surface area contributed by atoms with Gasteiger partial charge in [0.15, 0.2) is 0 Å². The van der Waals surface area contributed by atoms with Gasteiger partial charge in [0.2, 0.25) is 5.96 Å². The highest BCUT2D eigenvalue weighted by Crippen LogP contribution is 2.23. The van der Waals surface area contributed by atoms with Gasteiger partial charge in [-0.15, -0.1) is 0 Å². The van der Waals surface area contributed by atoms with E-state index in [9.17, 15) is 4.79 Å². The van der Waals surface area contributed by atoms with E-state index < -0.39 is 0 Å². The highest BCUT2D eigenvalue weighted by atomic mass is 16.2. The lowest BCUT2D eigenvalue weighted by Gasteiger charge is -2.19. The number of carbonyl (C=O) groups is 1. The van der Waals surface area contributed by atoms with Gasteiger partial charge >= 0.3 is 0 Å². The van der Waals surface area contributed by atoms with Gasteiger partial charge in [-0.2, -0.15) is 0 Å². The second kappa shape index (κ2) is 6.32. The van der Waals surface area contributed by atoms with Crippen LogP contribution in [0, 0.1) is 0 Å². The zero-order valence-electron chi connectivity index (χ0n) is 14.2. The maximum atomic E-state index is 12.9. The summed E-state index contributed by atoms with van der Waals surface area (Å²) in [6.07, 6.45) is 1.85. The summed E-state index contributed by atoms with van der Waals surface area (Å²) >= 11 is 0. The molecule has 0 radical (unpaired) electrons. The third-order valence-electron chi connectivity index (χ3n) is 3.46. The Morgan fingerprint density at radius 1 is 0.958 bits per heavy atom. The number of anilines is 1. The number of benzene rings is 2. The molecule has 4 heteroatoms. The van der Waals surface area contributed by atoms with E-state index >= 15 is 0 Å². The molecule has 0 unspecified atom stereocenters. The topological polar surface area (TPSA) is 44.7 Å². The lowest BCUT2D eigenvalue weighted by molar-refractivity contribution is -0.113. The van der Waals surface area contributed by atoms with Crippen LogP contribution in [0.4, 0.5) is 5.69 Å². The van der Waals surface area contributed by atoms with Crippen LogP contribution in [0.2, 0.25) is 0 Å². The monoisotopic (exact) mass is 319 g/mol. The number of carbonyl (C=O) groups excluding carboxylic acids is 1. The fourth-order valence-corrected chi connectivity index (χ4v) is 2.47. The van der Waals surface area contributed by atoms with E-state index in [0.29, 0.717) is 11.7 Å². The van der Waals surface area contributed by atoms with Crippen molar-refractivity contribution in [2.45, 2.75) is 26.3 Å². The van der Waals surface area contributed by atoms with E-state index in [1.807, 2.05) is 87.5 Å². The second-order valence-electron chi connectivity index (χ2n) is 6.68. The quantitative estimate of drug-likeness (QED) is 0.855. The Labute approximate surface area is 142 Å². The van der Waals surface area contributed by atoms with E-state index in [1.54, 1.807) is 4.90 Å². The van der Waals surface area contributed by atoms with Crippen molar-refractivity contribution in [2.75, 3.05) is 4.90 Å². The average Bonchev–Trinajstić information content (AvgIpc) is 2.83. The summed E-state index contributed by atoms with van der Waals surface area (Å²) < 4.78 is 0. The first kappa shape index (κ1) is 16.0. The number of rotatable bonds is 2. The van der Waals surface area contributed by atoms with Gasteiger partial charge in [-0.25, -0.2) is 9.89 Å². The molecule has 122 valence electrons. The Balaban J connectivity index is 2.04. The largest absolute Gasteiger partial charge is 0.321 e. The molecule has 1 amide bonds.